The fraction of sp³-hybridized carbons (Fsp3) is 0.667. The van der Waals surface area contributed by atoms with Crippen LogP contribution in [0.1, 0.15) is 26.7 Å². The maximum absolute atomic E-state index is 11.8. The monoisotopic (exact) mass is 285 g/mol. The molecular formula is C12H19N3O5. The smallest absolute Gasteiger partial charge is 0.318 e. The SMILES string of the molecule is CC(CCCNC(=O)N1CC(=O)NC(=O)C1C)C(=O)O. The Balaban J connectivity index is 2.37. The van der Waals surface area contributed by atoms with E-state index in [1.54, 1.807) is 6.92 Å². The minimum absolute atomic E-state index is 0.162. The van der Waals surface area contributed by atoms with Crippen molar-refractivity contribution in [2.75, 3.05) is 13.1 Å². The molecule has 8 nitrogen and oxygen atoms in total. The van der Waals surface area contributed by atoms with Gasteiger partial charge in [-0.25, -0.2) is 4.79 Å². The molecule has 2 atom stereocenters. The third kappa shape index (κ3) is 4.22. The van der Waals surface area contributed by atoms with Crippen LogP contribution in [0.15, 0.2) is 0 Å². The van der Waals surface area contributed by atoms with E-state index < -0.39 is 35.8 Å². The summed E-state index contributed by atoms with van der Waals surface area (Å²) in [7, 11) is 0. The summed E-state index contributed by atoms with van der Waals surface area (Å²) in [5, 5.41) is 13.4. The third-order valence-electron chi connectivity index (χ3n) is 3.20. The van der Waals surface area contributed by atoms with Gasteiger partial charge in [-0.15, -0.1) is 0 Å². The van der Waals surface area contributed by atoms with Crippen molar-refractivity contribution >= 4 is 23.8 Å². The van der Waals surface area contributed by atoms with Gasteiger partial charge in [-0.2, -0.15) is 0 Å². The van der Waals surface area contributed by atoms with Crippen LogP contribution in [0.4, 0.5) is 4.79 Å². The van der Waals surface area contributed by atoms with Crippen LogP contribution < -0.4 is 10.6 Å². The van der Waals surface area contributed by atoms with Gasteiger partial charge in [0.1, 0.15) is 12.6 Å². The van der Waals surface area contributed by atoms with E-state index in [4.69, 9.17) is 5.11 Å². The molecule has 0 bridgehead atoms. The summed E-state index contributed by atoms with van der Waals surface area (Å²) in [6, 6.07) is -1.20. The number of hydrogen-bond acceptors (Lipinski definition) is 4. The first kappa shape index (κ1) is 15.9. The summed E-state index contributed by atoms with van der Waals surface area (Å²) >= 11 is 0. The van der Waals surface area contributed by atoms with Gasteiger partial charge in [0, 0.05) is 6.54 Å². The number of carbonyl (C=O) groups is 4. The second-order valence-corrected chi connectivity index (χ2v) is 4.83. The number of nitrogens with zero attached hydrogens (tertiary/aromatic N) is 1. The van der Waals surface area contributed by atoms with Gasteiger partial charge in [0.2, 0.25) is 11.8 Å². The first-order valence-electron chi connectivity index (χ1n) is 6.44. The van der Waals surface area contributed by atoms with E-state index in [2.05, 4.69) is 10.6 Å². The number of amides is 4. The number of aliphatic carboxylic acids is 1. The van der Waals surface area contributed by atoms with Crippen LogP contribution in [-0.4, -0.2) is 53.0 Å². The highest BCUT2D eigenvalue weighted by Crippen LogP contribution is 2.06. The first-order valence-corrected chi connectivity index (χ1v) is 6.44. The van der Waals surface area contributed by atoms with Crippen molar-refractivity contribution in [2.45, 2.75) is 32.7 Å². The molecule has 3 N–H and O–H groups in total. The van der Waals surface area contributed by atoms with Crippen molar-refractivity contribution < 1.29 is 24.3 Å². The Bertz CT molecular complexity index is 423. The van der Waals surface area contributed by atoms with Gasteiger partial charge < -0.3 is 15.3 Å². The minimum atomic E-state index is -0.872. The molecule has 0 saturated carbocycles. The van der Waals surface area contributed by atoms with Crippen molar-refractivity contribution in [3.05, 3.63) is 0 Å². The topological polar surface area (TPSA) is 116 Å². The quantitative estimate of drug-likeness (QED) is 0.467. The molecule has 1 heterocycles. The normalized spacial score (nSPS) is 20.3. The van der Waals surface area contributed by atoms with E-state index in [-0.39, 0.29) is 6.54 Å². The number of carboxylic acid groups (broad SMARTS) is 1. The average molecular weight is 285 g/mol. The van der Waals surface area contributed by atoms with E-state index in [0.29, 0.717) is 19.4 Å². The molecule has 20 heavy (non-hydrogen) atoms. The third-order valence-corrected chi connectivity index (χ3v) is 3.20. The number of carbonyl (C=O) groups excluding carboxylic acids is 3. The van der Waals surface area contributed by atoms with Gasteiger partial charge in [-0.05, 0) is 19.8 Å². The summed E-state index contributed by atoms with van der Waals surface area (Å²) in [5.41, 5.74) is 0. The number of imide groups is 1. The molecule has 4 amide bonds. The summed E-state index contributed by atoms with van der Waals surface area (Å²) in [6.07, 6.45) is 0.964. The molecular weight excluding hydrogens is 266 g/mol. The molecule has 0 spiro atoms. The second kappa shape index (κ2) is 6.88. The summed E-state index contributed by atoms with van der Waals surface area (Å²) < 4.78 is 0. The number of urea groups is 1. The van der Waals surface area contributed by atoms with Gasteiger partial charge in [0.25, 0.3) is 0 Å². The summed E-state index contributed by atoms with van der Waals surface area (Å²) in [6.45, 7) is 3.27. The lowest BCUT2D eigenvalue weighted by Crippen LogP contribution is -2.60. The molecule has 2 unspecified atom stereocenters. The Morgan fingerprint density at radius 2 is 2.15 bits per heavy atom. The molecule has 0 radical (unpaired) electrons. The van der Waals surface area contributed by atoms with Gasteiger partial charge in [-0.3, -0.25) is 19.7 Å². The number of hydrogen-bond donors (Lipinski definition) is 3. The molecule has 112 valence electrons. The Kier molecular flexibility index (Phi) is 5.48. The minimum Gasteiger partial charge on any atom is -0.481 e. The molecule has 1 saturated heterocycles. The van der Waals surface area contributed by atoms with Crippen LogP contribution in [0.25, 0.3) is 0 Å². The van der Waals surface area contributed by atoms with Gasteiger partial charge >= 0.3 is 12.0 Å². The zero-order chi connectivity index (χ0) is 15.3. The lowest BCUT2D eigenvalue weighted by Gasteiger charge is -2.31. The van der Waals surface area contributed by atoms with Crippen LogP contribution in [0, 0.1) is 5.92 Å². The Labute approximate surface area is 116 Å². The lowest BCUT2D eigenvalue weighted by atomic mass is 10.1. The van der Waals surface area contributed by atoms with Crippen LogP contribution in [0.3, 0.4) is 0 Å². The molecule has 8 heteroatoms. The molecule has 1 fully saturated rings. The average Bonchev–Trinajstić information content (AvgIpc) is 2.38. The molecule has 1 aliphatic rings. The molecule has 0 aromatic rings. The number of piperazine rings is 1. The van der Waals surface area contributed by atoms with Crippen molar-refractivity contribution in [2.24, 2.45) is 5.92 Å². The molecule has 0 aliphatic carbocycles. The van der Waals surface area contributed by atoms with Crippen molar-refractivity contribution in [1.82, 2.24) is 15.5 Å². The zero-order valence-corrected chi connectivity index (χ0v) is 11.5. The maximum Gasteiger partial charge on any atom is 0.318 e. The van der Waals surface area contributed by atoms with E-state index in [1.165, 1.54) is 6.92 Å². The molecule has 0 aromatic carbocycles. The van der Waals surface area contributed by atoms with Crippen LogP contribution in [0.2, 0.25) is 0 Å². The van der Waals surface area contributed by atoms with Crippen molar-refractivity contribution in [3.8, 4) is 0 Å². The fourth-order valence-electron chi connectivity index (χ4n) is 1.79. The van der Waals surface area contributed by atoms with Crippen LogP contribution in [0.5, 0.6) is 0 Å². The fourth-order valence-corrected chi connectivity index (χ4v) is 1.79. The Hall–Kier alpha value is -2.12. The highest BCUT2D eigenvalue weighted by atomic mass is 16.4. The Morgan fingerprint density at radius 1 is 1.50 bits per heavy atom. The number of nitrogens with one attached hydrogen (secondary N) is 2. The van der Waals surface area contributed by atoms with Crippen LogP contribution >= 0.6 is 0 Å². The Morgan fingerprint density at radius 3 is 2.75 bits per heavy atom. The molecule has 1 aliphatic heterocycles. The van der Waals surface area contributed by atoms with E-state index in [1.807, 2.05) is 0 Å². The maximum atomic E-state index is 11.8. The molecule has 0 aromatic heterocycles. The predicted octanol–water partition coefficient (Wildman–Crippen LogP) is -0.456. The summed E-state index contributed by atoms with van der Waals surface area (Å²) in [5.74, 6) is -2.35. The molecule has 1 rings (SSSR count). The first-order chi connectivity index (χ1) is 9.32. The van der Waals surface area contributed by atoms with Gasteiger partial charge in [-0.1, -0.05) is 6.92 Å². The highest BCUT2D eigenvalue weighted by molar-refractivity contribution is 6.03. The summed E-state index contributed by atoms with van der Waals surface area (Å²) in [4.78, 5) is 46.2. The predicted molar refractivity (Wildman–Crippen MR) is 68.8 cm³/mol. The van der Waals surface area contributed by atoms with E-state index in [9.17, 15) is 19.2 Å². The largest absolute Gasteiger partial charge is 0.481 e. The van der Waals surface area contributed by atoms with Gasteiger partial charge in [0.05, 0.1) is 5.92 Å². The standard InChI is InChI=1S/C12H19N3O5/c1-7(11(18)19)4-3-5-13-12(20)15-6-9(16)14-10(17)8(15)2/h7-8H,3-6H2,1-2H3,(H,13,20)(H,18,19)(H,14,16,17). The lowest BCUT2D eigenvalue weighted by molar-refractivity contribution is -0.141. The van der Waals surface area contributed by atoms with E-state index >= 15 is 0 Å². The highest BCUT2D eigenvalue weighted by Gasteiger charge is 2.33. The van der Waals surface area contributed by atoms with Gasteiger partial charge in [0.15, 0.2) is 0 Å². The van der Waals surface area contributed by atoms with E-state index in [0.717, 1.165) is 4.90 Å². The zero-order valence-electron chi connectivity index (χ0n) is 11.5. The van der Waals surface area contributed by atoms with Crippen molar-refractivity contribution in [3.63, 3.8) is 0 Å². The number of carboxylic acids is 1. The van der Waals surface area contributed by atoms with Crippen molar-refractivity contribution in [1.29, 1.82) is 0 Å². The van der Waals surface area contributed by atoms with Crippen LogP contribution in [-0.2, 0) is 14.4 Å². The second-order valence-electron chi connectivity index (χ2n) is 4.83. The number of rotatable bonds is 5.